The van der Waals surface area contributed by atoms with Crippen molar-refractivity contribution < 1.29 is 17.6 Å². The molecule has 1 fully saturated rings. The molecular weight excluding hydrogens is 402 g/mol. The largest absolute Gasteiger partial charge is 0.467 e. The van der Waals surface area contributed by atoms with Gasteiger partial charge in [-0.2, -0.15) is 0 Å². The van der Waals surface area contributed by atoms with Gasteiger partial charge in [-0.1, -0.05) is 18.2 Å². The van der Waals surface area contributed by atoms with Crippen molar-refractivity contribution in [3.63, 3.8) is 0 Å². The van der Waals surface area contributed by atoms with Crippen molar-refractivity contribution in [2.45, 2.75) is 44.8 Å². The minimum absolute atomic E-state index is 0.0423. The van der Waals surface area contributed by atoms with Crippen LogP contribution in [0.3, 0.4) is 0 Å². The maximum absolute atomic E-state index is 13.2. The summed E-state index contributed by atoms with van der Waals surface area (Å²) in [7, 11) is -1.61. The van der Waals surface area contributed by atoms with Crippen LogP contribution in [0.15, 0.2) is 41.0 Å². The second-order valence-corrected chi connectivity index (χ2v) is 10.4. The van der Waals surface area contributed by atoms with Crippen LogP contribution in [0.25, 0.3) is 0 Å². The van der Waals surface area contributed by atoms with E-state index in [0.717, 1.165) is 6.42 Å². The Morgan fingerprint density at radius 3 is 2.60 bits per heavy atom. The topological polar surface area (TPSA) is 74.1 Å². The summed E-state index contributed by atoms with van der Waals surface area (Å²) in [5.41, 5.74) is 3.12. The number of amides is 1. The molecule has 0 bridgehead atoms. The molecule has 0 aliphatic carbocycles. The first-order chi connectivity index (χ1) is 14.3. The Morgan fingerprint density at radius 2 is 1.90 bits per heavy atom. The zero-order valence-corrected chi connectivity index (χ0v) is 18.6. The molecule has 8 heteroatoms. The van der Waals surface area contributed by atoms with Crippen molar-refractivity contribution >= 4 is 21.6 Å². The van der Waals surface area contributed by atoms with Crippen molar-refractivity contribution in [3.8, 4) is 0 Å². The molecule has 0 saturated carbocycles. The fourth-order valence-corrected chi connectivity index (χ4v) is 5.30. The first-order valence-electron chi connectivity index (χ1n) is 10.4. The van der Waals surface area contributed by atoms with Crippen molar-refractivity contribution in [2.24, 2.45) is 0 Å². The van der Waals surface area contributed by atoms with Crippen LogP contribution in [-0.2, 0) is 23.0 Å². The molecule has 0 spiro atoms. The summed E-state index contributed by atoms with van der Waals surface area (Å²) < 4.78 is 30.7. The van der Waals surface area contributed by atoms with Crippen LogP contribution < -0.4 is 4.90 Å². The number of nitrogens with zero attached hydrogens (tertiary/aromatic N) is 3. The zero-order chi connectivity index (χ0) is 21.5. The lowest BCUT2D eigenvalue weighted by Crippen LogP contribution is -2.47. The molecule has 2 aliphatic heterocycles. The number of sulfonamides is 1. The van der Waals surface area contributed by atoms with Crippen molar-refractivity contribution in [1.82, 2.24) is 9.21 Å². The Labute approximate surface area is 178 Å². The third-order valence-corrected chi connectivity index (χ3v) is 7.77. The van der Waals surface area contributed by atoms with Crippen LogP contribution in [0.5, 0.6) is 0 Å². The van der Waals surface area contributed by atoms with Crippen LogP contribution in [0.1, 0.15) is 41.4 Å². The number of anilines is 1. The highest BCUT2D eigenvalue weighted by Gasteiger charge is 2.32. The van der Waals surface area contributed by atoms with E-state index >= 15 is 0 Å². The number of carbonyl (C=O) groups is 1. The normalized spacial score (nSPS) is 20.1. The fraction of sp³-hybridized carbons (Fsp3) is 0.500. The molecule has 7 nitrogen and oxygen atoms in total. The fourth-order valence-electron chi connectivity index (χ4n) is 4.55. The summed E-state index contributed by atoms with van der Waals surface area (Å²) in [5, 5.41) is 0. The van der Waals surface area contributed by atoms with Gasteiger partial charge in [0.05, 0.1) is 24.6 Å². The number of rotatable bonds is 5. The summed E-state index contributed by atoms with van der Waals surface area (Å²) in [4.78, 5) is 17.3. The number of likely N-dealkylation sites (tertiary alicyclic amines) is 1. The molecule has 1 saturated heterocycles. The summed E-state index contributed by atoms with van der Waals surface area (Å²) >= 11 is 0. The minimum Gasteiger partial charge on any atom is -0.467 e. The van der Waals surface area contributed by atoms with Crippen LogP contribution in [0, 0.1) is 0 Å². The van der Waals surface area contributed by atoms with Gasteiger partial charge in [-0.25, -0.2) is 12.7 Å². The van der Waals surface area contributed by atoms with Gasteiger partial charge in [-0.05, 0) is 43.9 Å². The maximum atomic E-state index is 13.2. The van der Waals surface area contributed by atoms with Crippen molar-refractivity contribution in [1.29, 1.82) is 0 Å². The lowest BCUT2D eigenvalue weighted by Gasteiger charge is -2.35. The van der Waals surface area contributed by atoms with Gasteiger partial charge in [-0.15, -0.1) is 0 Å². The lowest BCUT2D eigenvalue weighted by molar-refractivity contribution is 0.0684. The number of hydrogen-bond acceptors (Lipinski definition) is 5. The van der Waals surface area contributed by atoms with Gasteiger partial charge in [-0.3, -0.25) is 4.79 Å². The molecule has 2 aliphatic rings. The van der Waals surface area contributed by atoms with E-state index in [-0.39, 0.29) is 11.9 Å². The number of carbonyl (C=O) groups excluding carboxylic acids is 1. The maximum Gasteiger partial charge on any atom is 0.257 e. The number of para-hydroxylation sites is 1. The minimum atomic E-state index is -3.22. The Hall–Kier alpha value is -2.32. The standard InChI is InChI=1S/C22H29N3O4S/c1-16-14-17-6-4-5-7-20(17)25(16)15-21-19(10-13-29-21)22(26)24-11-8-18(9-12-24)23(2)30(3,27)28/h4-7,10,13,16,18H,8-9,11-12,14-15H2,1-3H3. The number of fused-ring (bicyclic) bond motifs is 1. The molecule has 30 heavy (non-hydrogen) atoms. The molecule has 1 amide bonds. The predicted octanol–water partition coefficient (Wildman–Crippen LogP) is 2.73. The number of piperidine rings is 1. The molecule has 2 aromatic rings. The third-order valence-electron chi connectivity index (χ3n) is 6.43. The highest BCUT2D eigenvalue weighted by Crippen LogP contribution is 2.34. The molecule has 1 atom stereocenters. The summed E-state index contributed by atoms with van der Waals surface area (Å²) in [5.74, 6) is 0.637. The summed E-state index contributed by atoms with van der Waals surface area (Å²) in [6.45, 7) is 3.82. The molecule has 0 N–H and O–H groups in total. The molecular formula is C22H29N3O4S. The highest BCUT2D eigenvalue weighted by atomic mass is 32.2. The lowest BCUT2D eigenvalue weighted by atomic mass is 10.0. The van der Waals surface area contributed by atoms with Crippen molar-refractivity contribution in [2.75, 3.05) is 31.3 Å². The van der Waals surface area contributed by atoms with Crippen LogP contribution in [0.4, 0.5) is 5.69 Å². The highest BCUT2D eigenvalue weighted by molar-refractivity contribution is 7.88. The smallest absolute Gasteiger partial charge is 0.257 e. The molecule has 162 valence electrons. The van der Waals surface area contributed by atoms with Gasteiger partial charge >= 0.3 is 0 Å². The molecule has 4 rings (SSSR count). The summed E-state index contributed by atoms with van der Waals surface area (Å²) in [6.07, 6.45) is 5.07. The molecule has 3 heterocycles. The predicted molar refractivity (Wildman–Crippen MR) is 116 cm³/mol. The Kier molecular flexibility index (Phi) is 5.63. The Bertz CT molecular complexity index is 1020. The van der Waals surface area contributed by atoms with Gasteiger partial charge < -0.3 is 14.2 Å². The van der Waals surface area contributed by atoms with Gasteiger partial charge in [0.2, 0.25) is 10.0 Å². The van der Waals surface area contributed by atoms with E-state index < -0.39 is 10.0 Å². The second-order valence-electron chi connectivity index (χ2n) is 8.37. The van der Waals surface area contributed by atoms with Crippen LogP contribution >= 0.6 is 0 Å². The Balaban J connectivity index is 1.45. The van der Waals surface area contributed by atoms with E-state index in [1.165, 1.54) is 21.8 Å². The van der Waals surface area contributed by atoms with E-state index in [1.807, 2.05) is 11.0 Å². The van der Waals surface area contributed by atoms with Crippen molar-refractivity contribution in [3.05, 3.63) is 53.5 Å². The zero-order valence-electron chi connectivity index (χ0n) is 17.7. The van der Waals surface area contributed by atoms with E-state index in [2.05, 4.69) is 30.0 Å². The molecule has 1 aromatic carbocycles. The van der Waals surface area contributed by atoms with Gasteiger partial charge in [0.25, 0.3) is 5.91 Å². The second kappa shape index (κ2) is 8.07. The monoisotopic (exact) mass is 431 g/mol. The first kappa shape index (κ1) is 20.9. The van der Waals surface area contributed by atoms with Gasteiger partial charge in [0.15, 0.2) is 0 Å². The summed E-state index contributed by atoms with van der Waals surface area (Å²) in [6, 6.07) is 10.4. The average Bonchev–Trinajstić information content (AvgIpc) is 3.31. The number of furan rings is 1. The SMILES string of the molecule is CC1Cc2ccccc2N1Cc1occc1C(=O)N1CCC(N(C)S(C)(=O)=O)CC1. The van der Waals surface area contributed by atoms with Crippen LogP contribution in [-0.4, -0.2) is 62.0 Å². The number of hydrogen-bond donors (Lipinski definition) is 0. The Morgan fingerprint density at radius 1 is 1.20 bits per heavy atom. The van der Waals surface area contributed by atoms with E-state index in [4.69, 9.17) is 4.42 Å². The molecule has 0 radical (unpaired) electrons. The number of benzene rings is 1. The van der Waals surface area contributed by atoms with Gasteiger partial charge in [0, 0.05) is 37.9 Å². The van der Waals surface area contributed by atoms with E-state index in [1.54, 1.807) is 19.4 Å². The van der Waals surface area contributed by atoms with Crippen LogP contribution in [0.2, 0.25) is 0 Å². The van der Waals surface area contributed by atoms with E-state index in [9.17, 15) is 13.2 Å². The quantitative estimate of drug-likeness (QED) is 0.728. The molecule has 1 unspecified atom stereocenters. The third kappa shape index (κ3) is 3.98. The van der Waals surface area contributed by atoms with Gasteiger partial charge in [0.1, 0.15) is 5.76 Å². The molecule has 1 aromatic heterocycles. The average molecular weight is 432 g/mol. The van der Waals surface area contributed by atoms with E-state index in [0.29, 0.717) is 49.8 Å². The first-order valence-corrected chi connectivity index (χ1v) is 12.2.